The number of piperazine rings is 1. The molecule has 170 valence electrons. The third-order valence-electron chi connectivity index (χ3n) is 5.76. The van der Waals surface area contributed by atoms with E-state index in [0.29, 0.717) is 24.9 Å². The number of hydrogen-bond acceptors (Lipinski definition) is 5. The molecule has 10 heteroatoms. The molecule has 2 atom stereocenters. The van der Waals surface area contributed by atoms with E-state index < -0.39 is 0 Å². The van der Waals surface area contributed by atoms with Crippen LogP contribution in [0.1, 0.15) is 33.0 Å². The summed E-state index contributed by atoms with van der Waals surface area (Å²) in [5.74, 6) is 3.23. The fourth-order valence-corrected chi connectivity index (χ4v) is 4.31. The van der Waals surface area contributed by atoms with E-state index in [2.05, 4.69) is 50.9 Å². The van der Waals surface area contributed by atoms with Gasteiger partial charge >= 0.3 is 0 Å². The zero-order chi connectivity index (χ0) is 20.8. The molecule has 30 heavy (non-hydrogen) atoms. The minimum atomic E-state index is 0. The molecule has 2 unspecified atom stereocenters. The standard InChI is InChI=1S/C20H36N8O.HI/c1-5-21-20(22-11-18-23-15-24-25(18)4)27-8-6-26(7-9-27)14-19(29)28-12-16(2)10-17(3)13-28;/h15-17H,5-14H2,1-4H3,(H,21,22);1H. The molecule has 2 fully saturated rings. The molecule has 0 bridgehead atoms. The molecule has 3 heterocycles. The number of amides is 1. The van der Waals surface area contributed by atoms with Crippen molar-refractivity contribution >= 4 is 35.8 Å². The summed E-state index contributed by atoms with van der Waals surface area (Å²) in [4.78, 5) is 28.3. The lowest BCUT2D eigenvalue weighted by Gasteiger charge is -2.39. The molecule has 0 aromatic carbocycles. The van der Waals surface area contributed by atoms with E-state index in [4.69, 9.17) is 4.99 Å². The summed E-state index contributed by atoms with van der Waals surface area (Å²) >= 11 is 0. The molecule has 1 amide bonds. The number of aryl methyl sites for hydroxylation is 1. The molecule has 1 N–H and O–H groups in total. The maximum atomic E-state index is 12.8. The van der Waals surface area contributed by atoms with Gasteiger partial charge in [-0.1, -0.05) is 13.8 Å². The van der Waals surface area contributed by atoms with Crippen LogP contribution in [0.2, 0.25) is 0 Å². The van der Waals surface area contributed by atoms with Crippen molar-refractivity contribution in [2.45, 2.75) is 33.7 Å². The molecule has 1 aromatic heterocycles. The van der Waals surface area contributed by atoms with Crippen molar-refractivity contribution in [2.75, 3.05) is 52.4 Å². The van der Waals surface area contributed by atoms with Crippen LogP contribution in [-0.4, -0.2) is 93.7 Å². The third kappa shape index (κ3) is 6.79. The number of nitrogens with one attached hydrogen (secondary N) is 1. The normalized spacial score (nSPS) is 23.3. The van der Waals surface area contributed by atoms with Gasteiger partial charge in [0, 0.05) is 52.9 Å². The Morgan fingerprint density at radius 1 is 1.17 bits per heavy atom. The van der Waals surface area contributed by atoms with Crippen molar-refractivity contribution in [3.8, 4) is 0 Å². The Labute approximate surface area is 197 Å². The smallest absolute Gasteiger partial charge is 0.236 e. The molecular weight excluding hydrogens is 495 g/mol. The van der Waals surface area contributed by atoms with Crippen LogP contribution in [0.25, 0.3) is 0 Å². The Bertz CT molecular complexity index is 691. The summed E-state index contributed by atoms with van der Waals surface area (Å²) < 4.78 is 1.75. The number of guanidine groups is 1. The van der Waals surface area contributed by atoms with E-state index in [-0.39, 0.29) is 29.9 Å². The monoisotopic (exact) mass is 532 g/mol. The first-order valence-corrected chi connectivity index (χ1v) is 10.8. The van der Waals surface area contributed by atoms with Gasteiger partial charge in [0.2, 0.25) is 5.91 Å². The molecule has 0 aliphatic carbocycles. The van der Waals surface area contributed by atoms with Gasteiger partial charge in [0.25, 0.3) is 0 Å². The molecule has 2 aliphatic heterocycles. The van der Waals surface area contributed by atoms with Crippen molar-refractivity contribution in [1.29, 1.82) is 0 Å². The van der Waals surface area contributed by atoms with Gasteiger partial charge in [0.05, 0.1) is 6.54 Å². The minimum absolute atomic E-state index is 0. The molecule has 2 saturated heterocycles. The Balaban J connectivity index is 0.00000320. The second-order valence-corrected chi connectivity index (χ2v) is 8.48. The highest BCUT2D eigenvalue weighted by Crippen LogP contribution is 2.21. The number of halogens is 1. The summed E-state index contributed by atoms with van der Waals surface area (Å²) in [6.45, 7) is 13.7. The predicted molar refractivity (Wildman–Crippen MR) is 129 cm³/mol. The lowest BCUT2D eigenvalue weighted by Crippen LogP contribution is -2.55. The van der Waals surface area contributed by atoms with Crippen molar-refractivity contribution in [3.63, 3.8) is 0 Å². The Morgan fingerprint density at radius 2 is 1.83 bits per heavy atom. The Hall–Kier alpha value is -1.43. The predicted octanol–water partition coefficient (Wildman–Crippen LogP) is 1.02. The van der Waals surface area contributed by atoms with Crippen LogP contribution in [0.4, 0.5) is 0 Å². The third-order valence-corrected chi connectivity index (χ3v) is 5.76. The van der Waals surface area contributed by atoms with Crippen LogP contribution >= 0.6 is 24.0 Å². The summed E-state index contributed by atoms with van der Waals surface area (Å²) in [5.41, 5.74) is 0. The minimum Gasteiger partial charge on any atom is -0.357 e. The quantitative estimate of drug-likeness (QED) is 0.347. The molecule has 9 nitrogen and oxygen atoms in total. The van der Waals surface area contributed by atoms with Crippen LogP contribution in [0.15, 0.2) is 11.3 Å². The van der Waals surface area contributed by atoms with Crippen LogP contribution in [0.5, 0.6) is 0 Å². The summed E-state index contributed by atoms with van der Waals surface area (Å²) in [7, 11) is 1.88. The zero-order valence-electron chi connectivity index (χ0n) is 18.8. The van der Waals surface area contributed by atoms with E-state index >= 15 is 0 Å². The van der Waals surface area contributed by atoms with Crippen LogP contribution in [0.3, 0.4) is 0 Å². The SMILES string of the molecule is CCNC(=NCc1ncnn1C)N1CCN(CC(=O)N2CC(C)CC(C)C2)CC1.I. The maximum absolute atomic E-state index is 12.8. The van der Waals surface area contributed by atoms with Crippen molar-refractivity contribution in [1.82, 2.24) is 34.8 Å². The number of likely N-dealkylation sites (tertiary alicyclic amines) is 1. The highest BCUT2D eigenvalue weighted by atomic mass is 127. The Kier molecular flexibility index (Phi) is 9.79. The topological polar surface area (TPSA) is 81.9 Å². The number of aromatic nitrogens is 3. The van der Waals surface area contributed by atoms with E-state index in [1.807, 2.05) is 7.05 Å². The number of carbonyl (C=O) groups is 1. The number of hydrogen-bond donors (Lipinski definition) is 1. The van der Waals surface area contributed by atoms with E-state index in [1.165, 1.54) is 6.42 Å². The lowest BCUT2D eigenvalue weighted by atomic mass is 9.92. The van der Waals surface area contributed by atoms with Gasteiger partial charge in [-0.25, -0.2) is 9.98 Å². The molecule has 2 aliphatic rings. The van der Waals surface area contributed by atoms with Gasteiger partial charge in [-0.05, 0) is 25.2 Å². The van der Waals surface area contributed by atoms with Gasteiger partial charge < -0.3 is 15.1 Å². The average Bonchev–Trinajstić information content (AvgIpc) is 3.10. The van der Waals surface area contributed by atoms with Gasteiger partial charge in [-0.15, -0.1) is 24.0 Å². The first-order valence-electron chi connectivity index (χ1n) is 10.8. The highest BCUT2D eigenvalue weighted by molar-refractivity contribution is 14.0. The Morgan fingerprint density at radius 3 is 2.40 bits per heavy atom. The van der Waals surface area contributed by atoms with Crippen LogP contribution in [0, 0.1) is 11.8 Å². The first-order chi connectivity index (χ1) is 14.0. The van der Waals surface area contributed by atoms with E-state index in [9.17, 15) is 4.79 Å². The first kappa shape index (κ1) is 24.8. The van der Waals surface area contributed by atoms with E-state index in [0.717, 1.165) is 57.6 Å². The van der Waals surface area contributed by atoms with Crippen LogP contribution in [-0.2, 0) is 18.4 Å². The summed E-state index contributed by atoms with van der Waals surface area (Å²) in [6, 6.07) is 0. The van der Waals surface area contributed by atoms with Gasteiger partial charge in [0.1, 0.15) is 18.7 Å². The van der Waals surface area contributed by atoms with Crippen molar-refractivity contribution < 1.29 is 4.79 Å². The average molecular weight is 532 g/mol. The summed E-state index contributed by atoms with van der Waals surface area (Å²) in [5, 5.41) is 7.47. The highest BCUT2D eigenvalue weighted by Gasteiger charge is 2.28. The molecule has 3 rings (SSSR count). The number of nitrogens with zero attached hydrogens (tertiary/aromatic N) is 7. The molecule has 0 saturated carbocycles. The van der Waals surface area contributed by atoms with Gasteiger partial charge in [-0.3, -0.25) is 14.4 Å². The van der Waals surface area contributed by atoms with Crippen molar-refractivity contribution in [2.24, 2.45) is 23.9 Å². The number of aliphatic imine (C=N–C) groups is 1. The maximum Gasteiger partial charge on any atom is 0.236 e. The van der Waals surface area contributed by atoms with Crippen molar-refractivity contribution in [3.05, 3.63) is 12.2 Å². The number of piperidine rings is 1. The largest absolute Gasteiger partial charge is 0.357 e. The second kappa shape index (κ2) is 11.8. The number of rotatable bonds is 5. The molecule has 0 radical (unpaired) electrons. The fourth-order valence-electron chi connectivity index (χ4n) is 4.31. The fraction of sp³-hybridized carbons (Fsp3) is 0.800. The van der Waals surface area contributed by atoms with E-state index in [1.54, 1.807) is 11.0 Å². The van der Waals surface area contributed by atoms with Gasteiger partial charge in [-0.2, -0.15) is 5.10 Å². The van der Waals surface area contributed by atoms with Gasteiger partial charge in [0.15, 0.2) is 5.96 Å². The lowest BCUT2D eigenvalue weighted by molar-refractivity contribution is -0.135. The molecule has 1 aromatic rings. The number of carbonyl (C=O) groups excluding carboxylic acids is 1. The van der Waals surface area contributed by atoms with Crippen LogP contribution < -0.4 is 5.32 Å². The molecule has 0 spiro atoms. The second-order valence-electron chi connectivity index (χ2n) is 8.48. The molecular formula is C20H37IN8O. The zero-order valence-corrected chi connectivity index (χ0v) is 21.1. The summed E-state index contributed by atoms with van der Waals surface area (Å²) in [6.07, 6.45) is 2.78.